The maximum absolute atomic E-state index is 12.2. The molecule has 2 rings (SSSR count). The molecule has 0 aliphatic carbocycles. The lowest BCUT2D eigenvalue weighted by molar-refractivity contribution is -0.133. The van der Waals surface area contributed by atoms with Crippen molar-refractivity contribution in [2.75, 3.05) is 39.3 Å². The number of unbranched alkanes of at least 4 members (excludes halogenated alkanes) is 3. The highest BCUT2D eigenvalue weighted by atomic mass is 16.5. The van der Waals surface area contributed by atoms with Gasteiger partial charge in [-0.05, 0) is 39.2 Å². The Balaban J connectivity index is 1.62. The molecule has 0 radical (unpaired) electrons. The van der Waals surface area contributed by atoms with Gasteiger partial charge in [0.05, 0.1) is 12.7 Å². The fourth-order valence-corrected chi connectivity index (χ4v) is 3.59. The first-order valence-corrected chi connectivity index (χ1v) is 9.04. The topological polar surface area (TPSA) is 58.8 Å². The maximum Gasteiger partial charge on any atom is 0.222 e. The van der Waals surface area contributed by atoms with Crippen LogP contribution < -0.4 is 5.73 Å². The number of hydrogen-bond donors (Lipinski definition) is 1. The minimum atomic E-state index is 0.349. The molecule has 22 heavy (non-hydrogen) atoms. The Morgan fingerprint density at radius 1 is 1.14 bits per heavy atom. The lowest BCUT2D eigenvalue weighted by Crippen LogP contribution is -2.51. The van der Waals surface area contributed by atoms with Crippen molar-refractivity contribution in [3.05, 3.63) is 0 Å². The van der Waals surface area contributed by atoms with Gasteiger partial charge in [0.1, 0.15) is 0 Å². The molecule has 0 aromatic carbocycles. The van der Waals surface area contributed by atoms with E-state index in [1.54, 1.807) is 0 Å². The molecule has 0 spiro atoms. The third-order valence-electron chi connectivity index (χ3n) is 4.95. The second-order valence-corrected chi connectivity index (χ2v) is 6.74. The second-order valence-electron chi connectivity index (χ2n) is 6.74. The number of nitrogens with two attached hydrogens (primary N) is 1. The van der Waals surface area contributed by atoms with Crippen LogP contribution >= 0.6 is 0 Å². The molecule has 2 N–H and O–H groups in total. The van der Waals surface area contributed by atoms with Gasteiger partial charge in [-0.25, -0.2) is 0 Å². The number of morpholine rings is 1. The first-order chi connectivity index (χ1) is 10.7. The van der Waals surface area contributed by atoms with Crippen LogP contribution in [0.4, 0.5) is 0 Å². The zero-order valence-corrected chi connectivity index (χ0v) is 14.1. The quantitative estimate of drug-likeness (QED) is 0.726. The molecule has 5 heteroatoms. The van der Waals surface area contributed by atoms with E-state index in [9.17, 15) is 4.79 Å². The molecule has 1 amide bonds. The molecule has 2 aliphatic rings. The summed E-state index contributed by atoms with van der Waals surface area (Å²) in [6.45, 7) is 7.71. The number of amides is 1. The van der Waals surface area contributed by atoms with Crippen molar-refractivity contribution in [2.45, 2.75) is 64.0 Å². The summed E-state index contributed by atoms with van der Waals surface area (Å²) < 4.78 is 5.62. The molecular formula is C17H33N3O2. The Kier molecular flexibility index (Phi) is 7.63. The largest absolute Gasteiger partial charge is 0.376 e. The summed E-state index contributed by atoms with van der Waals surface area (Å²) in [5.74, 6) is 0.349. The van der Waals surface area contributed by atoms with Crippen LogP contribution in [0.3, 0.4) is 0 Å². The summed E-state index contributed by atoms with van der Waals surface area (Å²) in [5.41, 5.74) is 5.48. The normalized spacial score (nSPS) is 24.6. The Bertz CT molecular complexity index is 330. The number of piperidine rings is 1. The van der Waals surface area contributed by atoms with E-state index in [2.05, 4.69) is 16.7 Å². The average molecular weight is 311 g/mol. The van der Waals surface area contributed by atoms with Crippen molar-refractivity contribution in [3.8, 4) is 0 Å². The highest BCUT2D eigenvalue weighted by molar-refractivity contribution is 5.76. The van der Waals surface area contributed by atoms with Gasteiger partial charge in [-0.15, -0.1) is 0 Å². The molecule has 1 atom stereocenters. The minimum absolute atomic E-state index is 0.349. The smallest absolute Gasteiger partial charge is 0.222 e. The number of hydrogen-bond acceptors (Lipinski definition) is 4. The van der Waals surface area contributed by atoms with E-state index in [1.165, 1.54) is 0 Å². The zero-order chi connectivity index (χ0) is 15.8. The van der Waals surface area contributed by atoms with Gasteiger partial charge in [-0.1, -0.05) is 12.8 Å². The van der Waals surface area contributed by atoms with Crippen molar-refractivity contribution in [1.82, 2.24) is 9.80 Å². The summed E-state index contributed by atoms with van der Waals surface area (Å²) >= 11 is 0. The molecule has 2 aliphatic heterocycles. The van der Waals surface area contributed by atoms with Gasteiger partial charge < -0.3 is 15.4 Å². The molecule has 0 aromatic heterocycles. The number of ether oxygens (including phenoxy) is 1. The van der Waals surface area contributed by atoms with Gasteiger partial charge in [0, 0.05) is 38.6 Å². The zero-order valence-electron chi connectivity index (χ0n) is 14.1. The van der Waals surface area contributed by atoms with E-state index in [-0.39, 0.29) is 0 Å². The van der Waals surface area contributed by atoms with E-state index in [4.69, 9.17) is 10.5 Å². The van der Waals surface area contributed by atoms with Crippen molar-refractivity contribution < 1.29 is 9.53 Å². The monoisotopic (exact) mass is 311 g/mol. The van der Waals surface area contributed by atoms with E-state index < -0.39 is 0 Å². The molecule has 2 heterocycles. The predicted molar refractivity (Wildman–Crippen MR) is 88.7 cm³/mol. The fraction of sp³-hybridized carbons (Fsp3) is 0.941. The van der Waals surface area contributed by atoms with Crippen LogP contribution in [-0.4, -0.2) is 67.2 Å². The molecule has 128 valence electrons. The van der Waals surface area contributed by atoms with E-state index in [1.807, 2.05) is 0 Å². The van der Waals surface area contributed by atoms with Gasteiger partial charge in [0.25, 0.3) is 0 Å². The molecule has 0 bridgehead atoms. The van der Waals surface area contributed by atoms with Gasteiger partial charge in [0.15, 0.2) is 0 Å². The third-order valence-corrected chi connectivity index (χ3v) is 4.95. The van der Waals surface area contributed by atoms with Gasteiger partial charge in [-0.3, -0.25) is 9.69 Å². The number of nitrogens with zero attached hydrogens (tertiary/aromatic N) is 2. The Morgan fingerprint density at radius 2 is 1.86 bits per heavy atom. The maximum atomic E-state index is 12.2. The summed E-state index contributed by atoms with van der Waals surface area (Å²) in [5, 5.41) is 0. The molecule has 0 aromatic rings. The van der Waals surface area contributed by atoms with Crippen LogP contribution in [0.15, 0.2) is 0 Å². The average Bonchev–Trinajstić information content (AvgIpc) is 2.54. The first-order valence-electron chi connectivity index (χ1n) is 9.04. The molecule has 1 unspecified atom stereocenters. The highest BCUT2D eigenvalue weighted by Gasteiger charge is 2.29. The summed E-state index contributed by atoms with van der Waals surface area (Å²) in [4.78, 5) is 16.9. The lowest BCUT2D eigenvalue weighted by atomic mass is 10.0. The van der Waals surface area contributed by atoms with Gasteiger partial charge in [-0.2, -0.15) is 0 Å². The highest BCUT2D eigenvalue weighted by Crippen LogP contribution is 2.20. The van der Waals surface area contributed by atoms with Crippen LogP contribution in [-0.2, 0) is 9.53 Å². The van der Waals surface area contributed by atoms with Crippen molar-refractivity contribution in [1.29, 1.82) is 0 Å². The minimum Gasteiger partial charge on any atom is -0.376 e. The van der Waals surface area contributed by atoms with Gasteiger partial charge in [0.2, 0.25) is 5.91 Å². The van der Waals surface area contributed by atoms with Crippen molar-refractivity contribution in [3.63, 3.8) is 0 Å². The van der Waals surface area contributed by atoms with E-state index in [0.717, 1.165) is 77.9 Å². The number of carbonyl (C=O) groups excluding carboxylic acids is 1. The predicted octanol–water partition coefficient (Wildman–Crippen LogP) is 1.61. The van der Waals surface area contributed by atoms with Crippen LogP contribution in [0.5, 0.6) is 0 Å². The number of likely N-dealkylation sites (tertiary alicyclic amines) is 1. The Hall–Kier alpha value is -0.650. The first kappa shape index (κ1) is 17.7. The van der Waals surface area contributed by atoms with Crippen LogP contribution in [0.1, 0.15) is 51.9 Å². The molecule has 0 saturated carbocycles. The Morgan fingerprint density at radius 3 is 2.55 bits per heavy atom. The Labute approximate surface area is 135 Å². The van der Waals surface area contributed by atoms with Crippen molar-refractivity contribution in [2.24, 2.45) is 5.73 Å². The lowest BCUT2D eigenvalue weighted by Gasteiger charge is -2.41. The number of carbonyl (C=O) groups is 1. The SMILES string of the molecule is CC1CN(C2CCN(C(=O)CCCCCCN)CC2)CCO1. The van der Waals surface area contributed by atoms with Crippen LogP contribution in [0.2, 0.25) is 0 Å². The summed E-state index contributed by atoms with van der Waals surface area (Å²) in [6, 6.07) is 0.639. The van der Waals surface area contributed by atoms with Gasteiger partial charge >= 0.3 is 0 Å². The molecule has 2 saturated heterocycles. The molecule has 2 fully saturated rings. The fourth-order valence-electron chi connectivity index (χ4n) is 3.59. The number of rotatable bonds is 7. The third kappa shape index (κ3) is 5.52. The summed E-state index contributed by atoms with van der Waals surface area (Å²) in [7, 11) is 0. The molecule has 5 nitrogen and oxygen atoms in total. The van der Waals surface area contributed by atoms with Crippen LogP contribution in [0.25, 0.3) is 0 Å². The van der Waals surface area contributed by atoms with Crippen molar-refractivity contribution >= 4 is 5.91 Å². The van der Waals surface area contributed by atoms with Crippen LogP contribution in [0, 0.1) is 0 Å². The molecular weight excluding hydrogens is 278 g/mol. The second kappa shape index (κ2) is 9.48. The standard InChI is InChI=1S/C17H33N3O2/c1-15-14-20(12-13-22-15)16-7-10-19(11-8-16)17(21)6-4-2-3-5-9-18/h15-16H,2-14,18H2,1H3. The van der Waals surface area contributed by atoms with E-state index in [0.29, 0.717) is 24.5 Å². The van der Waals surface area contributed by atoms with E-state index >= 15 is 0 Å². The summed E-state index contributed by atoms with van der Waals surface area (Å²) in [6.07, 6.45) is 7.67.